The molecule has 1 heterocycles. The molecule has 0 atom stereocenters. The van der Waals surface area contributed by atoms with Crippen LogP contribution in [-0.4, -0.2) is 6.54 Å². The van der Waals surface area contributed by atoms with Crippen LogP contribution in [0.3, 0.4) is 0 Å². The zero-order valence-electron chi connectivity index (χ0n) is 9.57. The lowest BCUT2D eigenvalue weighted by atomic mass is 10.0. The highest BCUT2D eigenvalue weighted by atomic mass is 79.9. The molecule has 0 radical (unpaired) electrons. The van der Waals surface area contributed by atoms with Crippen LogP contribution in [0, 0.1) is 0 Å². The van der Waals surface area contributed by atoms with Crippen molar-refractivity contribution in [3.05, 3.63) is 58.6 Å². The first kappa shape index (κ1) is 10.8. The molecule has 0 bridgehead atoms. The molecule has 1 aliphatic rings. The summed E-state index contributed by atoms with van der Waals surface area (Å²) in [5.74, 6) is 0. The Morgan fingerprint density at radius 1 is 0.941 bits per heavy atom. The Labute approximate surface area is 110 Å². The first-order valence-electron chi connectivity index (χ1n) is 5.95. The number of anilines is 2. The number of hydrogen-bond acceptors (Lipinski definition) is 1. The Balaban J connectivity index is 2.03. The zero-order chi connectivity index (χ0) is 11.7. The SMILES string of the molecule is Brc1ccc(N2CCCc3ccccc32)cc1. The number of aryl methyl sites for hydroxylation is 1. The van der Waals surface area contributed by atoms with E-state index in [0.29, 0.717) is 0 Å². The van der Waals surface area contributed by atoms with E-state index in [1.807, 2.05) is 0 Å². The summed E-state index contributed by atoms with van der Waals surface area (Å²) in [6.07, 6.45) is 2.43. The average molecular weight is 288 g/mol. The van der Waals surface area contributed by atoms with Crippen LogP contribution in [0.2, 0.25) is 0 Å². The van der Waals surface area contributed by atoms with Crippen LogP contribution in [0.15, 0.2) is 53.0 Å². The Morgan fingerprint density at radius 2 is 1.71 bits per heavy atom. The number of halogens is 1. The standard InChI is InChI=1S/C15H14BrN/c16-13-7-9-14(10-8-13)17-11-3-5-12-4-1-2-6-15(12)17/h1-2,4,6-10H,3,5,11H2. The van der Waals surface area contributed by atoms with Crippen LogP contribution in [0.5, 0.6) is 0 Å². The van der Waals surface area contributed by atoms with Gasteiger partial charge >= 0.3 is 0 Å². The molecule has 86 valence electrons. The molecule has 1 nitrogen and oxygen atoms in total. The second-order valence-electron chi connectivity index (χ2n) is 4.36. The molecule has 2 aromatic rings. The fourth-order valence-corrected chi connectivity index (χ4v) is 2.69. The van der Waals surface area contributed by atoms with Gasteiger partial charge in [-0.3, -0.25) is 0 Å². The second-order valence-corrected chi connectivity index (χ2v) is 5.28. The smallest absolute Gasteiger partial charge is 0.0443 e. The maximum atomic E-state index is 3.48. The van der Waals surface area contributed by atoms with Crippen LogP contribution in [-0.2, 0) is 6.42 Å². The molecule has 0 N–H and O–H groups in total. The van der Waals surface area contributed by atoms with Crippen molar-refractivity contribution in [3.8, 4) is 0 Å². The fraction of sp³-hybridized carbons (Fsp3) is 0.200. The van der Waals surface area contributed by atoms with Gasteiger partial charge in [-0.1, -0.05) is 34.1 Å². The van der Waals surface area contributed by atoms with Crippen molar-refractivity contribution in [1.29, 1.82) is 0 Å². The van der Waals surface area contributed by atoms with Gasteiger partial charge in [-0.2, -0.15) is 0 Å². The molecular weight excluding hydrogens is 274 g/mol. The molecule has 0 aliphatic carbocycles. The summed E-state index contributed by atoms with van der Waals surface area (Å²) in [4.78, 5) is 2.41. The molecule has 0 saturated carbocycles. The minimum atomic E-state index is 1.11. The van der Waals surface area contributed by atoms with Crippen molar-refractivity contribution in [2.75, 3.05) is 11.4 Å². The molecule has 3 rings (SSSR count). The summed E-state index contributed by atoms with van der Waals surface area (Å²) in [6.45, 7) is 1.11. The number of fused-ring (bicyclic) bond motifs is 1. The van der Waals surface area contributed by atoms with E-state index in [-0.39, 0.29) is 0 Å². The molecule has 0 saturated heterocycles. The molecule has 0 aromatic heterocycles. The van der Waals surface area contributed by atoms with Gasteiger partial charge in [0.05, 0.1) is 0 Å². The predicted molar refractivity (Wildman–Crippen MR) is 75.9 cm³/mol. The number of benzene rings is 2. The number of nitrogens with zero attached hydrogens (tertiary/aromatic N) is 1. The minimum Gasteiger partial charge on any atom is -0.341 e. The highest BCUT2D eigenvalue weighted by molar-refractivity contribution is 9.10. The van der Waals surface area contributed by atoms with Crippen LogP contribution in [0.4, 0.5) is 11.4 Å². The average Bonchev–Trinajstić information content (AvgIpc) is 2.39. The minimum absolute atomic E-state index is 1.11. The number of hydrogen-bond donors (Lipinski definition) is 0. The first-order valence-corrected chi connectivity index (χ1v) is 6.75. The lowest BCUT2D eigenvalue weighted by Gasteiger charge is -2.31. The quantitative estimate of drug-likeness (QED) is 0.745. The van der Waals surface area contributed by atoms with Crippen molar-refractivity contribution in [1.82, 2.24) is 0 Å². The van der Waals surface area contributed by atoms with Gasteiger partial charge in [0.25, 0.3) is 0 Å². The van der Waals surface area contributed by atoms with E-state index in [0.717, 1.165) is 11.0 Å². The van der Waals surface area contributed by atoms with Crippen LogP contribution in [0.1, 0.15) is 12.0 Å². The van der Waals surface area contributed by atoms with Gasteiger partial charge in [-0.25, -0.2) is 0 Å². The van der Waals surface area contributed by atoms with Crippen LogP contribution in [0.25, 0.3) is 0 Å². The maximum absolute atomic E-state index is 3.48. The topological polar surface area (TPSA) is 3.24 Å². The Hall–Kier alpha value is -1.28. The van der Waals surface area contributed by atoms with Crippen LogP contribution >= 0.6 is 15.9 Å². The van der Waals surface area contributed by atoms with E-state index in [4.69, 9.17) is 0 Å². The molecule has 0 unspecified atom stereocenters. The Kier molecular flexibility index (Phi) is 2.89. The van der Waals surface area contributed by atoms with Gasteiger partial charge in [-0.05, 0) is 48.7 Å². The third-order valence-corrected chi connectivity index (χ3v) is 3.78. The summed E-state index contributed by atoms with van der Waals surface area (Å²) in [5, 5.41) is 0. The van der Waals surface area contributed by atoms with Crippen molar-refractivity contribution in [3.63, 3.8) is 0 Å². The van der Waals surface area contributed by atoms with E-state index in [2.05, 4.69) is 69.4 Å². The van der Waals surface area contributed by atoms with E-state index < -0.39 is 0 Å². The highest BCUT2D eigenvalue weighted by Gasteiger charge is 2.17. The Morgan fingerprint density at radius 3 is 2.53 bits per heavy atom. The van der Waals surface area contributed by atoms with Gasteiger partial charge in [0.2, 0.25) is 0 Å². The fourth-order valence-electron chi connectivity index (χ4n) is 2.42. The lowest BCUT2D eigenvalue weighted by Crippen LogP contribution is -2.24. The van der Waals surface area contributed by atoms with Crippen molar-refractivity contribution in [2.45, 2.75) is 12.8 Å². The molecule has 2 heteroatoms. The number of para-hydroxylation sites is 1. The summed E-state index contributed by atoms with van der Waals surface area (Å²) >= 11 is 3.48. The van der Waals surface area contributed by atoms with E-state index >= 15 is 0 Å². The molecule has 0 spiro atoms. The second kappa shape index (κ2) is 4.53. The molecule has 2 aromatic carbocycles. The van der Waals surface area contributed by atoms with Gasteiger partial charge in [0.15, 0.2) is 0 Å². The van der Waals surface area contributed by atoms with E-state index in [9.17, 15) is 0 Å². The monoisotopic (exact) mass is 287 g/mol. The third-order valence-electron chi connectivity index (χ3n) is 3.25. The van der Waals surface area contributed by atoms with E-state index in [1.165, 1.54) is 29.8 Å². The predicted octanol–water partition coefficient (Wildman–Crippen LogP) is 4.53. The van der Waals surface area contributed by atoms with Gasteiger partial charge in [0, 0.05) is 22.4 Å². The largest absolute Gasteiger partial charge is 0.341 e. The molecule has 17 heavy (non-hydrogen) atoms. The summed E-state index contributed by atoms with van der Waals surface area (Å²) in [7, 11) is 0. The molecule has 0 fully saturated rings. The van der Waals surface area contributed by atoms with Crippen molar-refractivity contribution in [2.24, 2.45) is 0 Å². The number of rotatable bonds is 1. The van der Waals surface area contributed by atoms with E-state index in [1.54, 1.807) is 0 Å². The molecule has 1 aliphatic heterocycles. The Bertz CT molecular complexity index is 519. The van der Waals surface area contributed by atoms with Crippen molar-refractivity contribution < 1.29 is 0 Å². The first-order chi connectivity index (χ1) is 8.34. The summed E-state index contributed by atoms with van der Waals surface area (Å²) in [6, 6.07) is 17.3. The van der Waals surface area contributed by atoms with Crippen molar-refractivity contribution >= 4 is 27.3 Å². The summed E-state index contributed by atoms with van der Waals surface area (Å²) < 4.78 is 1.13. The van der Waals surface area contributed by atoms with Gasteiger partial charge in [-0.15, -0.1) is 0 Å². The van der Waals surface area contributed by atoms with Gasteiger partial charge < -0.3 is 4.90 Å². The lowest BCUT2D eigenvalue weighted by molar-refractivity contribution is 0.767. The van der Waals surface area contributed by atoms with Gasteiger partial charge in [0.1, 0.15) is 0 Å². The normalized spacial score (nSPS) is 14.5. The highest BCUT2D eigenvalue weighted by Crippen LogP contribution is 2.33. The summed E-state index contributed by atoms with van der Waals surface area (Å²) in [5.41, 5.74) is 4.10. The third kappa shape index (κ3) is 2.09. The van der Waals surface area contributed by atoms with Crippen LogP contribution < -0.4 is 4.90 Å². The maximum Gasteiger partial charge on any atom is 0.0443 e. The molecular formula is C15H14BrN. The zero-order valence-corrected chi connectivity index (χ0v) is 11.2. The molecule has 0 amide bonds.